The molecule has 0 aliphatic heterocycles. The van der Waals surface area contributed by atoms with Crippen molar-refractivity contribution in [1.29, 1.82) is 0 Å². The zero-order valence-electron chi connectivity index (χ0n) is 8.41. The Morgan fingerprint density at radius 2 is 2.38 bits per heavy atom. The van der Waals surface area contributed by atoms with Crippen LogP contribution in [0.2, 0.25) is 0 Å². The first kappa shape index (κ1) is 13.8. The van der Waals surface area contributed by atoms with Gasteiger partial charge in [0.1, 0.15) is 0 Å². The molecule has 13 heavy (non-hydrogen) atoms. The molecule has 0 amide bonds. The van der Waals surface area contributed by atoms with E-state index >= 15 is 0 Å². The summed E-state index contributed by atoms with van der Waals surface area (Å²) >= 11 is -1.91. The predicted octanol–water partition coefficient (Wildman–Crippen LogP) is -0.996. The summed E-state index contributed by atoms with van der Waals surface area (Å²) in [5.41, 5.74) is -0.0473. The Morgan fingerprint density at radius 3 is 2.85 bits per heavy atom. The molecule has 2 nitrogen and oxygen atoms in total. The quantitative estimate of drug-likeness (QED) is 0.341. The van der Waals surface area contributed by atoms with Crippen LogP contribution in [-0.4, -0.2) is 14.0 Å². The van der Waals surface area contributed by atoms with Crippen LogP contribution < -0.4 is 29.6 Å². The SMILES string of the molecule is C=CC[C@@]1(C)CCC[C@H]1S(=O)[O-].[Na+]. The normalized spacial score (nSPS) is 35.1. The van der Waals surface area contributed by atoms with Crippen LogP contribution in [0.4, 0.5) is 0 Å². The molecule has 1 fully saturated rings. The smallest absolute Gasteiger partial charge is 0.772 e. The fraction of sp³-hybridized carbons (Fsp3) is 0.778. The van der Waals surface area contributed by atoms with Crippen molar-refractivity contribution in [2.75, 3.05) is 0 Å². The fourth-order valence-electron chi connectivity index (χ4n) is 2.09. The van der Waals surface area contributed by atoms with E-state index in [1.165, 1.54) is 0 Å². The van der Waals surface area contributed by atoms with Gasteiger partial charge in [-0.25, -0.2) is 0 Å². The van der Waals surface area contributed by atoms with Crippen LogP contribution in [0.5, 0.6) is 0 Å². The Balaban J connectivity index is 0.00000144. The Labute approximate surface area is 105 Å². The molecule has 0 radical (unpaired) electrons. The van der Waals surface area contributed by atoms with Crippen molar-refractivity contribution < 1.29 is 38.3 Å². The molecule has 1 aliphatic rings. The van der Waals surface area contributed by atoms with Crippen molar-refractivity contribution in [3.05, 3.63) is 12.7 Å². The van der Waals surface area contributed by atoms with Crippen LogP contribution in [0.25, 0.3) is 0 Å². The minimum absolute atomic E-state index is 0. The third-order valence-electron chi connectivity index (χ3n) is 2.83. The van der Waals surface area contributed by atoms with Gasteiger partial charge < -0.3 is 4.55 Å². The van der Waals surface area contributed by atoms with E-state index in [1.807, 2.05) is 13.0 Å². The Morgan fingerprint density at radius 1 is 1.77 bits per heavy atom. The topological polar surface area (TPSA) is 40.1 Å². The van der Waals surface area contributed by atoms with Gasteiger partial charge in [0, 0.05) is 5.25 Å². The first-order valence-electron chi connectivity index (χ1n) is 4.29. The number of hydrogen-bond acceptors (Lipinski definition) is 2. The van der Waals surface area contributed by atoms with Gasteiger partial charge in [0.05, 0.1) is 0 Å². The van der Waals surface area contributed by atoms with Crippen LogP contribution in [0.1, 0.15) is 32.6 Å². The summed E-state index contributed by atoms with van der Waals surface area (Å²) in [6, 6.07) is 0. The van der Waals surface area contributed by atoms with Gasteiger partial charge in [-0.2, -0.15) is 0 Å². The molecule has 0 aromatic heterocycles. The average Bonchev–Trinajstić information content (AvgIpc) is 2.32. The summed E-state index contributed by atoms with van der Waals surface area (Å²) in [4.78, 5) is 0. The largest absolute Gasteiger partial charge is 1.00 e. The molecule has 0 N–H and O–H groups in total. The van der Waals surface area contributed by atoms with Crippen molar-refractivity contribution in [1.82, 2.24) is 0 Å². The van der Waals surface area contributed by atoms with Gasteiger partial charge in [0.25, 0.3) is 0 Å². The molecular weight excluding hydrogens is 195 g/mol. The molecule has 0 bridgehead atoms. The molecule has 4 heteroatoms. The minimum atomic E-state index is -1.91. The van der Waals surface area contributed by atoms with E-state index in [4.69, 9.17) is 0 Å². The molecule has 1 unspecified atom stereocenters. The van der Waals surface area contributed by atoms with Crippen LogP contribution in [0.15, 0.2) is 12.7 Å². The summed E-state index contributed by atoms with van der Waals surface area (Å²) in [6.07, 6.45) is 5.50. The fourth-order valence-corrected chi connectivity index (χ4v) is 3.13. The molecule has 3 atom stereocenters. The first-order chi connectivity index (χ1) is 5.60. The van der Waals surface area contributed by atoms with Crippen LogP contribution in [0.3, 0.4) is 0 Å². The summed E-state index contributed by atoms with van der Waals surface area (Å²) < 4.78 is 21.7. The van der Waals surface area contributed by atoms with Crippen LogP contribution in [-0.2, 0) is 11.1 Å². The zero-order chi connectivity index (χ0) is 9.19. The van der Waals surface area contributed by atoms with Gasteiger partial charge in [-0.1, -0.05) is 30.5 Å². The van der Waals surface area contributed by atoms with Crippen LogP contribution >= 0.6 is 0 Å². The molecule has 1 saturated carbocycles. The molecule has 0 spiro atoms. The van der Waals surface area contributed by atoms with Crippen LogP contribution in [0, 0.1) is 5.41 Å². The van der Waals surface area contributed by atoms with E-state index in [9.17, 15) is 8.76 Å². The third kappa shape index (κ3) is 3.17. The minimum Gasteiger partial charge on any atom is -0.772 e. The molecular formula is C9H15NaO2S. The van der Waals surface area contributed by atoms with Gasteiger partial charge in [0.15, 0.2) is 0 Å². The van der Waals surface area contributed by atoms with E-state index in [-0.39, 0.29) is 40.2 Å². The van der Waals surface area contributed by atoms with E-state index < -0.39 is 11.1 Å². The summed E-state index contributed by atoms with van der Waals surface area (Å²) in [7, 11) is 0. The Bertz CT molecular complexity index is 208. The van der Waals surface area contributed by atoms with Gasteiger partial charge in [-0.05, 0) is 24.7 Å². The van der Waals surface area contributed by atoms with E-state index in [1.54, 1.807) is 0 Å². The molecule has 1 rings (SSSR count). The van der Waals surface area contributed by atoms with Gasteiger partial charge in [-0.3, -0.25) is 4.21 Å². The second-order valence-electron chi connectivity index (χ2n) is 3.79. The standard InChI is InChI=1S/C9H16O2S.Na/c1-3-6-9(2)7-4-5-8(9)12(10)11;/h3,8H,1,4-7H2,2H3,(H,10,11);/q;+1/p-1/t8-,9+;/m1./s1. The average molecular weight is 210 g/mol. The van der Waals surface area contributed by atoms with Crippen molar-refractivity contribution in [3.63, 3.8) is 0 Å². The Hall–Kier alpha value is 0.850. The maximum atomic E-state index is 10.9. The van der Waals surface area contributed by atoms with Crippen molar-refractivity contribution in [2.24, 2.45) is 5.41 Å². The summed E-state index contributed by atoms with van der Waals surface area (Å²) in [5.74, 6) is 0. The zero-order valence-corrected chi connectivity index (χ0v) is 11.2. The number of hydrogen-bond donors (Lipinski definition) is 0. The molecule has 1 aliphatic carbocycles. The Kier molecular flexibility index (Phi) is 6.03. The summed E-state index contributed by atoms with van der Waals surface area (Å²) in [5, 5.41) is -0.157. The maximum Gasteiger partial charge on any atom is 1.00 e. The third-order valence-corrected chi connectivity index (χ3v) is 4.10. The number of allylic oxidation sites excluding steroid dienone is 1. The van der Waals surface area contributed by atoms with Crippen molar-refractivity contribution >= 4 is 11.1 Å². The molecule has 0 heterocycles. The van der Waals surface area contributed by atoms with E-state index in [0.717, 1.165) is 25.7 Å². The monoisotopic (exact) mass is 210 g/mol. The maximum absolute atomic E-state index is 10.9. The first-order valence-corrected chi connectivity index (χ1v) is 5.43. The molecule has 0 saturated heterocycles. The molecule has 0 aromatic rings. The molecule has 70 valence electrons. The molecule has 0 aromatic carbocycles. The van der Waals surface area contributed by atoms with Gasteiger partial charge in [-0.15, -0.1) is 6.58 Å². The van der Waals surface area contributed by atoms with Crippen molar-refractivity contribution in [3.8, 4) is 0 Å². The number of rotatable bonds is 3. The second kappa shape index (κ2) is 5.66. The second-order valence-corrected chi connectivity index (χ2v) is 4.88. The van der Waals surface area contributed by atoms with Gasteiger partial charge in [0.2, 0.25) is 0 Å². The summed E-state index contributed by atoms with van der Waals surface area (Å²) in [6.45, 7) is 5.71. The van der Waals surface area contributed by atoms with E-state index in [0.29, 0.717) is 0 Å². The van der Waals surface area contributed by atoms with E-state index in [2.05, 4.69) is 6.58 Å². The van der Waals surface area contributed by atoms with Gasteiger partial charge >= 0.3 is 29.6 Å². The van der Waals surface area contributed by atoms with Crippen molar-refractivity contribution in [2.45, 2.75) is 37.9 Å². The predicted molar refractivity (Wildman–Crippen MR) is 49.5 cm³/mol.